The van der Waals surface area contributed by atoms with Crippen molar-refractivity contribution in [3.8, 4) is 5.75 Å². The largest absolute Gasteiger partial charge is 0.497 e. The van der Waals surface area contributed by atoms with Crippen molar-refractivity contribution in [2.45, 2.75) is 32.9 Å². The van der Waals surface area contributed by atoms with Crippen LogP contribution in [0.15, 0.2) is 48.5 Å². The molecule has 8 nitrogen and oxygen atoms in total. The van der Waals surface area contributed by atoms with Gasteiger partial charge in [0.05, 0.1) is 24.1 Å². The number of methoxy groups -OCH3 is 1. The van der Waals surface area contributed by atoms with Crippen LogP contribution in [-0.2, 0) is 26.2 Å². The Morgan fingerprint density at radius 2 is 1.73 bits per heavy atom. The fourth-order valence-corrected chi connectivity index (χ4v) is 4.54. The molecule has 1 N–H and O–H groups in total. The molecule has 0 bridgehead atoms. The molecule has 2 aromatic rings. The third-order valence-electron chi connectivity index (χ3n) is 5.05. The maximum Gasteiger partial charge on any atom is 0.244 e. The van der Waals surface area contributed by atoms with Crippen LogP contribution in [0.1, 0.15) is 25.8 Å². The molecule has 0 fully saturated rings. The molecule has 0 saturated heterocycles. The fraction of sp³-hybridized carbons (Fsp3) is 0.391. The number of para-hydroxylation sites is 1. The number of hydrogen-bond donors (Lipinski definition) is 1. The highest BCUT2D eigenvalue weighted by Crippen LogP contribution is 2.27. The first-order valence-corrected chi connectivity index (χ1v) is 12.8. The van der Waals surface area contributed by atoms with Gasteiger partial charge in [0.15, 0.2) is 0 Å². The normalized spacial score (nSPS) is 12.0. The van der Waals surface area contributed by atoms with E-state index < -0.39 is 28.5 Å². The van der Waals surface area contributed by atoms with Crippen LogP contribution < -0.4 is 14.4 Å². The summed E-state index contributed by atoms with van der Waals surface area (Å²) in [4.78, 5) is 27.6. The maximum absolute atomic E-state index is 13.5. The average molecular weight is 496 g/mol. The van der Waals surface area contributed by atoms with Crippen LogP contribution >= 0.6 is 11.6 Å². The van der Waals surface area contributed by atoms with Gasteiger partial charge in [0, 0.05) is 13.1 Å². The Morgan fingerprint density at radius 1 is 1.09 bits per heavy atom. The van der Waals surface area contributed by atoms with E-state index in [1.54, 1.807) is 63.4 Å². The number of ether oxygens (including phenoxy) is 1. The predicted octanol–water partition coefficient (Wildman–Crippen LogP) is 3.06. The number of amides is 2. The van der Waals surface area contributed by atoms with Crippen LogP contribution in [-0.4, -0.2) is 57.6 Å². The van der Waals surface area contributed by atoms with Crippen molar-refractivity contribution >= 4 is 39.1 Å². The first-order valence-electron chi connectivity index (χ1n) is 10.5. The van der Waals surface area contributed by atoms with Gasteiger partial charge in [-0.1, -0.05) is 42.8 Å². The summed E-state index contributed by atoms with van der Waals surface area (Å²) in [5, 5.41) is 2.96. The Morgan fingerprint density at radius 3 is 2.24 bits per heavy atom. The molecule has 0 saturated carbocycles. The van der Waals surface area contributed by atoms with Crippen molar-refractivity contribution in [2.75, 3.05) is 30.8 Å². The Hall–Kier alpha value is -2.78. The molecule has 0 spiro atoms. The molecule has 0 aliphatic heterocycles. The molecule has 0 aromatic heterocycles. The van der Waals surface area contributed by atoms with Crippen LogP contribution in [0.2, 0.25) is 5.02 Å². The highest BCUT2D eigenvalue weighted by atomic mass is 35.5. The molecule has 0 aliphatic rings. The minimum atomic E-state index is -3.83. The van der Waals surface area contributed by atoms with Crippen molar-refractivity contribution in [3.63, 3.8) is 0 Å². The van der Waals surface area contributed by atoms with Gasteiger partial charge in [-0.05, 0) is 43.2 Å². The lowest BCUT2D eigenvalue weighted by Crippen LogP contribution is -2.52. The van der Waals surface area contributed by atoms with Gasteiger partial charge in [-0.2, -0.15) is 0 Å². The second kappa shape index (κ2) is 11.9. The zero-order valence-electron chi connectivity index (χ0n) is 19.2. The number of nitrogens with zero attached hydrogens (tertiary/aromatic N) is 2. The predicted molar refractivity (Wildman–Crippen MR) is 130 cm³/mol. The number of halogens is 1. The van der Waals surface area contributed by atoms with Gasteiger partial charge in [0.1, 0.15) is 18.3 Å². The Kier molecular flexibility index (Phi) is 9.55. The van der Waals surface area contributed by atoms with Crippen LogP contribution in [0.4, 0.5) is 5.69 Å². The second-order valence-electron chi connectivity index (χ2n) is 7.41. The number of rotatable bonds is 11. The van der Waals surface area contributed by atoms with Crippen LogP contribution in [0.25, 0.3) is 0 Å². The summed E-state index contributed by atoms with van der Waals surface area (Å²) in [6, 6.07) is 12.7. The first kappa shape index (κ1) is 26.5. The number of nitrogens with one attached hydrogen (secondary N) is 1. The van der Waals surface area contributed by atoms with Gasteiger partial charge in [0.2, 0.25) is 21.8 Å². The average Bonchev–Trinajstić information content (AvgIpc) is 2.77. The summed E-state index contributed by atoms with van der Waals surface area (Å²) in [7, 11) is -2.27. The molecule has 1 unspecified atom stereocenters. The zero-order chi connectivity index (χ0) is 24.6. The first-order chi connectivity index (χ1) is 15.6. The molecule has 2 aromatic carbocycles. The molecule has 1 atom stereocenters. The second-order valence-corrected chi connectivity index (χ2v) is 9.72. The molecule has 33 heavy (non-hydrogen) atoms. The van der Waals surface area contributed by atoms with Crippen LogP contribution in [0, 0.1) is 0 Å². The van der Waals surface area contributed by atoms with Crippen molar-refractivity contribution in [1.82, 2.24) is 10.2 Å². The number of likely N-dealkylation sites (N-methyl/N-ethyl adjacent to an activating group) is 1. The van der Waals surface area contributed by atoms with E-state index in [0.29, 0.717) is 18.7 Å². The lowest BCUT2D eigenvalue weighted by molar-refractivity contribution is -0.140. The summed E-state index contributed by atoms with van der Waals surface area (Å²) in [5.41, 5.74) is 0.973. The van der Waals surface area contributed by atoms with Gasteiger partial charge >= 0.3 is 0 Å². The van der Waals surface area contributed by atoms with E-state index in [9.17, 15) is 18.0 Å². The summed E-state index contributed by atoms with van der Waals surface area (Å²) < 4.78 is 31.2. The third kappa shape index (κ3) is 7.10. The highest BCUT2D eigenvalue weighted by Gasteiger charge is 2.32. The number of hydrogen-bond acceptors (Lipinski definition) is 5. The fourth-order valence-electron chi connectivity index (χ4n) is 3.39. The van der Waals surface area contributed by atoms with Crippen molar-refractivity contribution in [1.29, 1.82) is 0 Å². The number of benzene rings is 2. The molecule has 0 radical (unpaired) electrons. The smallest absolute Gasteiger partial charge is 0.244 e. The van der Waals surface area contributed by atoms with E-state index in [-0.39, 0.29) is 23.2 Å². The van der Waals surface area contributed by atoms with Gasteiger partial charge in [0.25, 0.3) is 0 Å². The number of anilines is 1. The zero-order valence-corrected chi connectivity index (χ0v) is 20.8. The molecule has 2 rings (SSSR count). The topological polar surface area (TPSA) is 96.0 Å². The Bertz CT molecular complexity index is 1060. The van der Waals surface area contributed by atoms with Gasteiger partial charge in [-0.25, -0.2) is 8.42 Å². The molecule has 10 heteroatoms. The van der Waals surface area contributed by atoms with E-state index >= 15 is 0 Å². The lowest BCUT2D eigenvalue weighted by Gasteiger charge is -2.33. The monoisotopic (exact) mass is 495 g/mol. The molecular weight excluding hydrogens is 466 g/mol. The van der Waals surface area contributed by atoms with Crippen LogP contribution in [0.3, 0.4) is 0 Å². The van der Waals surface area contributed by atoms with Gasteiger partial charge < -0.3 is 15.0 Å². The summed E-state index contributed by atoms with van der Waals surface area (Å²) in [6.45, 7) is 3.64. The Labute approximate surface area is 200 Å². The highest BCUT2D eigenvalue weighted by molar-refractivity contribution is 7.92. The number of sulfonamides is 1. The minimum Gasteiger partial charge on any atom is -0.497 e. The summed E-state index contributed by atoms with van der Waals surface area (Å²) in [5.74, 6) is -0.158. The molecule has 0 heterocycles. The molecule has 0 aliphatic carbocycles. The lowest BCUT2D eigenvalue weighted by atomic mass is 10.1. The molecule has 180 valence electrons. The molecule has 2 amide bonds. The van der Waals surface area contributed by atoms with E-state index in [0.717, 1.165) is 16.1 Å². The van der Waals surface area contributed by atoms with Crippen LogP contribution in [0.5, 0.6) is 5.75 Å². The Balaban J connectivity index is 2.43. The van der Waals surface area contributed by atoms with Gasteiger partial charge in [-0.15, -0.1) is 0 Å². The minimum absolute atomic E-state index is 0.124. The van der Waals surface area contributed by atoms with E-state index in [1.807, 2.05) is 0 Å². The van der Waals surface area contributed by atoms with Gasteiger partial charge in [-0.3, -0.25) is 13.9 Å². The van der Waals surface area contributed by atoms with E-state index in [4.69, 9.17) is 16.3 Å². The third-order valence-corrected chi connectivity index (χ3v) is 6.50. The summed E-state index contributed by atoms with van der Waals surface area (Å²) >= 11 is 6.22. The van der Waals surface area contributed by atoms with Crippen molar-refractivity contribution < 1.29 is 22.7 Å². The number of carbonyl (C=O) groups is 2. The van der Waals surface area contributed by atoms with Crippen molar-refractivity contribution in [3.05, 3.63) is 59.1 Å². The summed E-state index contributed by atoms with van der Waals surface area (Å²) in [6.07, 6.45) is 1.37. The molecular formula is C23H30ClN3O5S. The number of carbonyl (C=O) groups excluding carboxylic acids is 2. The standard InChI is InChI=1S/C23H30ClN3O5S/c1-5-20(23(29)25-6-2)26(15-17-11-13-18(32-3)14-12-17)22(28)16-27(33(4,30)31)21-10-8-7-9-19(21)24/h7-14,20H,5-6,15-16H2,1-4H3,(H,25,29). The SMILES string of the molecule is CCNC(=O)C(CC)N(Cc1ccc(OC)cc1)C(=O)CN(c1ccccc1Cl)S(C)(=O)=O. The maximum atomic E-state index is 13.5. The van der Waals surface area contributed by atoms with E-state index in [2.05, 4.69) is 5.32 Å². The van der Waals surface area contributed by atoms with Crippen molar-refractivity contribution in [2.24, 2.45) is 0 Å². The quantitative estimate of drug-likeness (QED) is 0.517. The van der Waals surface area contributed by atoms with E-state index in [1.165, 1.54) is 11.0 Å².